The Morgan fingerprint density at radius 3 is 2.83 bits per heavy atom. The van der Waals surface area contributed by atoms with Crippen molar-refractivity contribution in [3.05, 3.63) is 54.1 Å². The number of hydrogen-bond donors (Lipinski definition) is 2. The van der Waals surface area contributed by atoms with Gasteiger partial charge in [-0.15, -0.1) is 0 Å². The van der Waals surface area contributed by atoms with E-state index >= 15 is 0 Å². The molecule has 1 amide bonds. The van der Waals surface area contributed by atoms with Gasteiger partial charge in [0, 0.05) is 0 Å². The molecule has 0 aliphatic rings. The zero-order valence-corrected chi connectivity index (χ0v) is 13.3. The Bertz CT molecular complexity index is 817. The summed E-state index contributed by atoms with van der Waals surface area (Å²) in [6.45, 7) is 0. The van der Waals surface area contributed by atoms with Crippen molar-refractivity contribution in [2.75, 3.05) is 12.4 Å². The zero-order valence-electron chi connectivity index (χ0n) is 12.5. The van der Waals surface area contributed by atoms with E-state index in [0.717, 1.165) is 21.5 Å². The van der Waals surface area contributed by atoms with Crippen LogP contribution in [0.3, 0.4) is 0 Å². The number of carbonyl (C=O) groups excluding carboxylic acids is 1. The second-order valence-electron chi connectivity index (χ2n) is 5.03. The number of aliphatic hydroxyl groups excluding tert-OH is 1. The maximum Gasteiger partial charge on any atom is 0.229 e. The molecule has 5 nitrogen and oxygen atoms in total. The number of aromatic nitrogens is 1. The predicted octanol–water partition coefficient (Wildman–Crippen LogP) is 3.37. The van der Waals surface area contributed by atoms with Crippen molar-refractivity contribution >= 4 is 32.6 Å². The van der Waals surface area contributed by atoms with E-state index in [1.165, 1.54) is 11.3 Å². The van der Waals surface area contributed by atoms with Gasteiger partial charge in [-0.2, -0.15) is 0 Å². The van der Waals surface area contributed by atoms with Crippen LogP contribution in [0.15, 0.2) is 48.5 Å². The number of aliphatic hydroxyl groups is 1. The number of nitrogens with zero attached hydrogens (tertiary/aromatic N) is 1. The van der Waals surface area contributed by atoms with Gasteiger partial charge in [0.25, 0.3) is 0 Å². The summed E-state index contributed by atoms with van der Waals surface area (Å²) in [5, 5.41) is 13.3. The number of benzene rings is 2. The van der Waals surface area contributed by atoms with Crippen LogP contribution in [0.1, 0.15) is 18.1 Å². The average Bonchev–Trinajstić information content (AvgIpc) is 2.96. The molecule has 118 valence electrons. The van der Waals surface area contributed by atoms with Crippen molar-refractivity contribution in [3.8, 4) is 5.75 Å². The Morgan fingerprint density at radius 1 is 1.30 bits per heavy atom. The molecule has 1 heterocycles. The fraction of sp³-hybridized carbons (Fsp3) is 0.176. The Hall–Kier alpha value is -2.44. The van der Waals surface area contributed by atoms with E-state index in [4.69, 9.17) is 4.74 Å². The largest absolute Gasteiger partial charge is 0.497 e. The van der Waals surface area contributed by atoms with Crippen LogP contribution in [0.25, 0.3) is 10.2 Å². The summed E-state index contributed by atoms with van der Waals surface area (Å²) in [4.78, 5) is 16.4. The highest BCUT2D eigenvalue weighted by molar-refractivity contribution is 7.22. The first-order chi connectivity index (χ1) is 11.2. The number of ether oxygens (including phenoxy) is 1. The summed E-state index contributed by atoms with van der Waals surface area (Å²) in [5.74, 6) is 0.478. The van der Waals surface area contributed by atoms with Gasteiger partial charge >= 0.3 is 0 Å². The Balaban J connectivity index is 1.68. The summed E-state index contributed by atoms with van der Waals surface area (Å²) >= 11 is 1.37. The number of anilines is 1. The summed E-state index contributed by atoms with van der Waals surface area (Å²) in [6, 6.07) is 14.7. The predicted molar refractivity (Wildman–Crippen MR) is 90.8 cm³/mol. The average molecular weight is 328 g/mol. The highest BCUT2D eigenvalue weighted by atomic mass is 32.1. The maximum atomic E-state index is 12.1. The standard InChI is InChI=1S/C17H16N2O3S/c1-22-12-7-8-13-15(9-12)23-17(18-13)19-16(21)10-14(20)11-5-3-2-4-6-11/h2-9,14,20H,10H2,1H3,(H,18,19,21). The molecular weight excluding hydrogens is 312 g/mol. The normalized spacial score (nSPS) is 12.1. The van der Waals surface area contributed by atoms with E-state index in [0.29, 0.717) is 5.13 Å². The van der Waals surface area contributed by atoms with Crippen molar-refractivity contribution in [2.45, 2.75) is 12.5 Å². The highest BCUT2D eigenvalue weighted by Gasteiger charge is 2.14. The van der Waals surface area contributed by atoms with Gasteiger partial charge in [-0.1, -0.05) is 41.7 Å². The number of methoxy groups -OCH3 is 1. The SMILES string of the molecule is COc1ccc2nc(NC(=O)CC(O)c3ccccc3)sc2c1. The molecule has 0 fully saturated rings. The van der Waals surface area contributed by atoms with Gasteiger partial charge in [0.1, 0.15) is 5.75 Å². The lowest BCUT2D eigenvalue weighted by Gasteiger charge is -2.09. The van der Waals surface area contributed by atoms with E-state index in [9.17, 15) is 9.90 Å². The third-order valence-electron chi connectivity index (χ3n) is 3.41. The molecule has 1 atom stereocenters. The van der Waals surface area contributed by atoms with Gasteiger partial charge in [0.15, 0.2) is 5.13 Å². The number of hydrogen-bond acceptors (Lipinski definition) is 5. The first kappa shape index (κ1) is 15.5. The topological polar surface area (TPSA) is 71.5 Å². The van der Waals surface area contributed by atoms with E-state index < -0.39 is 6.10 Å². The van der Waals surface area contributed by atoms with Crippen LogP contribution in [-0.2, 0) is 4.79 Å². The van der Waals surface area contributed by atoms with E-state index in [1.54, 1.807) is 19.2 Å². The van der Waals surface area contributed by atoms with Gasteiger partial charge in [0.2, 0.25) is 5.91 Å². The Morgan fingerprint density at radius 2 is 2.09 bits per heavy atom. The Labute approximate surface area is 137 Å². The molecule has 0 bridgehead atoms. The lowest BCUT2D eigenvalue weighted by Crippen LogP contribution is -2.15. The molecule has 0 spiro atoms. The molecule has 0 saturated heterocycles. The molecule has 23 heavy (non-hydrogen) atoms. The van der Waals surface area contributed by atoms with Gasteiger partial charge in [-0.3, -0.25) is 4.79 Å². The van der Waals surface area contributed by atoms with Crippen LogP contribution in [0.5, 0.6) is 5.75 Å². The van der Waals surface area contributed by atoms with Crippen LogP contribution in [-0.4, -0.2) is 23.1 Å². The lowest BCUT2D eigenvalue weighted by atomic mass is 10.1. The molecular formula is C17H16N2O3S. The van der Waals surface area contributed by atoms with Crippen LogP contribution in [0, 0.1) is 0 Å². The molecule has 0 aliphatic heterocycles. The molecule has 6 heteroatoms. The van der Waals surface area contributed by atoms with Crippen molar-refractivity contribution in [1.29, 1.82) is 0 Å². The number of nitrogens with one attached hydrogen (secondary N) is 1. The van der Waals surface area contributed by atoms with Gasteiger partial charge in [-0.25, -0.2) is 4.98 Å². The van der Waals surface area contributed by atoms with Gasteiger partial charge < -0.3 is 15.2 Å². The van der Waals surface area contributed by atoms with Crippen molar-refractivity contribution in [1.82, 2.24) is 4.98 Å². The molecule has 1 aromatic heterocycles. The van der Waals surface area contributed by atoms with Crippen LogP contribution in [0.4, 0.5) is 5.13 Å². The van der Waals surface area contributed by atoms with Crippen molar-refractivity contribution in [2.24, 2.45) is 0 Å². The van der Waals surface area contributed by atoms with E-state index in [1.807, 2.05) is 36.4 Å². The summed E-state index contributed by atoms with van der Waals surface area (Å²) in [6.07, 6.45) is -0.839. The molecule has 2 N–H and O–H groups in total. The summed E-state index contributed by atoms with van der Waals surface area (Å²) in [5.41, 5.74) is 1.52. The fourth-order valence-corrected chi connectivity index (χ4v) is 3.13. The smallest absolute Gasteiger partial charge is 0.229 e. The molecule has 0 aliphatic carbocycles. The van der Waals surface area contributed by atoms with E-state index in [-0.39, 0.29) is 12.3 Å². The number of amides is 1. The molecule has 0 radical (unpaired) electrons. The fourth-order valence-electron chi connectivity index (χ4n) is 2.22. The molecule has 1 unspecified atom stereocenters. The Kier molecular flexibility index (Phi) is 4.55. The molecule has 2 aromatic carbocycles. The van der Waals surface area contributed by atoms with Crippen LogP contribution in [0.2, 0.25) is 0 Å². The number of carbonyl (C=O) groups is 1. The minimum Gasteiger partial charge on any atom is -0.497 e. The first-order valence-corrected chi connectivity index (χ1v) is 7.95. The second kappa shape index (κ2) is 6.76. The molecule has 0 saturated carbocycles. The third-order valence-corrected chi connectivity index (χ3v) is 4.34. The quantitative estimate of drug-likeness (QED) is 0.753. The molecule has 3 rings (SSSR count). The monoisotopic (exact) mass is 328 g/mol. The second-order valence-corrected chi connectivity index (χ2v) is 6.06. The number of thiazole rings is 1. The van der Waals surface area contributed by atoms with Gasteiger partial charge in [0.05, 0.1) is 29.9 Å². The van der Waals surface area contributed by atoms with Gasteiger partial charge in [-0.05, 0) is 23.8 Å². The first-order valence-electron chi connectivity index (χ1n) is 7.13. The third kappa shape index (κ3) is 3.67. The number of fused-ring (bicyclic) bond motifs is 1. The minimum atomic E-state index is -0.828. The summed E-state index contributed by atoms with van der Waals surface area (Å²) in [7, 11) is 1.61. The zero-order chi connectivity index (χ0) is 16.2. The minimum absolute atomic E-state index is 0.0107. The number of rotatable bonds is 5. The lowest BCUT2D eigenvalue weighted by molar-refractivity contribution is -0.118. The van der Waals surface area contributed by atoms with Crippen LogP contribution < -0.4 is 10.1 Å². The highest BCUT2D eigenvalue weighted by Crippen LogP contribution is 2.29. The van der Waals surface area contributed by atoms with Crippen molar-refractivity contribution in [3.63, 3.8) is 0 Å². The molecule has 3 aromatic rings. The van der Waals surface area contributed by atoms with Crippen molar-refractivity contribution < 1.29 is 14.6 Å². The maximum absolute atomic E-state index is 12.1. The summed E-state index contributed by atoms with van der Waals surface area (Å²) < 4.78 is 6.11. The van der Waals surface area contributed by atoms with Crippen LogP contribution >= 0.6 is 11.3 Å². The van der Waals surface area contributed by atoms with E-state index in [2.05, 4.69) is 10.3 Å².